The van der Waals surface area contributed by atoms with E-state index in [0.717, 1.165) is 48.3 Å². The molecule has 268 valence electrons. The minimum atomic E-state index is -2.55. The standard InChI is InChI=1S/C38H36ClF2N7O4/c39-34-24(17-31(40)41)18-42-35-33(34)29(19-43-35)23-3-1-4-27(15-23)47-12-2-11-46(38(47)52)20-22-9-13-45(14-10-22)26-5-6-28-25(16-26)21-48(37(28)51)30-7-8-32(49)44-36(30)50/h1-6,11,15-16,18-19,22,30-31H,7-10,12-14,17,20-21H2,(H,42,43)(H,44,49,50). The van der Waals surface area contributed by atoms with Gasteiger partial charge in [0.25, 0.3) is 5.91 Å². The normalized spacial score (nSPS) is 19.7. The van der Waals surface area contributed by atoms with E-state index in [1.54, 1.807) is 20.9 Å². The number of amides is 5. The maximum absolute atomic E-state index is 13.8. The smallest absolute Gasteiger partial charge is 0.328 e. The van der Waals surface area contributed by atoms with Crippen LogP contribution in [0.1, 0.15) is 47.2 Å². The van der Waals surface area contributed by atoms with Gasteiger partial charge in [-0.1, -0.05) is 23.7 Å². The van der Waals surface area contributed by atoms with Gasteiger partial charge in [-0.15, -0.1) is 0 Å². The fraction of sp³-hybridized carbons (Fsp3) is 0.342. The highest BCUT2D eigenvalue weighted by Gasteiger charge is 2.39. The molecule has 2 aromatic carbocycles. The summed E-state index contributed by atoms with van der Waals surface area (Å²) in [6, 6.07) is 12.6. The summed E-state index contributed by atoms with van der Waals surface area (Å²) in [5.41, 5.74) is 5.48. The van der Waals surface area contributed by atoms with Crippen molar-refractivity contribution in [3.8, 4) is 11.1 Å². The number of H-pyrrole nitrogens is 1. The molecule has 4 aliphatic rings. The molecule has 11 nitrogen and oxygen atoms in total. The number of piperidine rings is 2. The summed E-state index contributed by atoms with van der Waals surface area (Å²) < 4.78 is 26.3. The highest BCUT2D eigenvalue weighted by atomic mass is 35.5. The summed E-state index contributed by atoms with van der Waals surface area (Å²) in [5.74, 6) is -0.621. The number of halogens is 3. The monoisotopic (exact) mass is 727 g/mol. The van der Waals surface area contributed by atoms with E-state index in [9.17, 15) is 28.0 Å². The van der Waals surface area contributed by atoms with Crippen LogP contribution in [-0.2, 0) is 22.6 Å². The number of carbonyl (C=O) groups excluding carboxylic acids is 4. The third-order valence-electron chi connectivity index (χ3n) is 10.5. The number of pyridine rings is 1. The molecule has 4 aliphatic heterocycles. The summed E-state index contributed by atoms with van der Waals surface area (Å²) in [6.07, 6.45) is 6.24. The van der Waals surface area contributed by atoms with Crippen LogP contribution < -0.4 is 15.1 Å². The number of aromatic amines is 1. The number of carbonyl (C=O) groups is 4. The van der Waals surface area contributed by atoms with Crippen LogP contribution >= 0.6 is 11.6 Å². The molecule has 6 heterocycles. The second-order valence-corrected chi connectivity index (χ2v) is 14.1. The van der Waals surface area contributed by atoms with Crippen molar-refractivity contribution < 1.29 is 28.0 Å². The van der Waals surface area contributed by atoms with Gasteiger partial charge < -0.3 is 19.7 Å². The van der Waals surface area contributed by atoms with Crippen LogP contribution in [0.25, 0.3) is 22.2 Å². The summed E-state index contributed by atoms with van der Waals surface area (Å²) in [4.78, 5) is 65.7. The molecule has 1 atom stereocenters. The molecular weight excluding hydrogens is 692 g/mol. The maximum Gasteiger partial charge on any atom is 0.328 e. The van der Waals surface area contributed by atoms with Gasteiger partial charge in [-0.25, -0.2) is 18.6 Å². The van der Waals surface area contributed by atoms with Crippen molar-refractivity contribution in [3.63, 3.8) is 0 Å². The number of nitrogens with zero attached hydrogens (tertiary/aromatic N) is 5. The fourth-order valence-corrected chi connectivity index (χ4v) is 8.13. The molecule has 0 radical (unpaired) electrons. The quantitative estimate of drug-likeness (QED) is 0.211. The van der Waals surface area contributed by atoms with E-state index in [1.165, 1.54) is 6.20 Å². The molecular formula is C38H36ClF2N7O4. The van der Waals surface area contributed by atoms with Crippen molar-refractivity contribution in [1.82, 2.24) is 25.1 Å². The van der Waals surface area contributed by atoms with Gasteiger partial charge in [0.05, 0.1) is 5.02 Å². The molecule has 8 rings (SSSR count). The van der Waals surface area contributed by atoms with Crippen LogP contribution in [0.15, 0.2) is 67.1 Å². The van der Waals surface area contributed by atoms with E-state index < -0.39 is 24.8 Å². The average Bonchev–Trinajstić information content (AvgIpc) is 3.72. The van der Waals surface area contributed by atoms with Crippen molar-refractivity contribution in [2.45, 2.75) is 51.1 Å². The van der Waals surface area contributed by atoms with Crippen molar-refractivity contribution in [3.05, 3.63) is 88.8 Å². The molecule has 52 heavy (non-hydrogen) atoms. The number of hydrogen-bond acceptors (Lipinski definition) is 6. The molecule has 2 N–H and O–H groups in total. The van der Waals surface area contributed by atoms with Crippen molar-refractivity contribution in [2.75, 3.05) is 36.0 Å². The average molecular weight is 728 g/mol. The van der Waals surface area contributed by atoms with Gasteiger partial charge in [0.2, 0.25) is 18.2 Å². The summed E-state index contributed by atoms with van der Waals surface area (Å²) >= 11 is 6.61. The Balaban J connectivity index is 0.908. The molecule has 0 saturated carbocycles. The fourth-order valence-electron chi connectivity index (χ4n) is 7.81. The van der Waals surface area contributed by atoms with E-state index >= 15 is 0 Å². The molecule has 2 fully saturated rings. The van der Waals surface area contributed by atoms with Crippen LogP contribution in [-0.4, -0.2) is 82.2 Å². The van der Waals surface area contributed by atoms with Crippen LogP contribution in [0.5, 0.6) is 0 Å². The Hall–Kier alpha value is -5.30. The van der Waals surface area contributed by atoms with E-state index in [4.69, 9.17) is 11.6 Å². The Labute approximate surface area is 303 Å². The molecule has 1 unspecified atom stereocenters. The third-order valence-corrected chi connectivity index (χ3v) is 11.0. The lowest BCUT2D eigenvalue weighted by Gasteiger charge is -2.38. The molecule has 2 aromatic heterocycles. The van der Waals surface area contributed by atoms with Gasteiger partial charge in [0.1, 0.15) is 11.7 Å². The van der Waals surface area contributed by atoms with Gasteiger partial charge in [-0.05, 0) is 78.3 Å². The predicted octanol–water partition coefficient (Wildman–Crippen LogP) is 6.12. The van der Waals surface area contributed by atoms with Crippen molar-refractivity contribution in [2.24, 2.45) is 5.92 Å². The molecule has 14 heteroatoms. The number of hydrogen-bond donors (Lipinski definition) is 2. The number of anilines is 2. The minimum absolute atomic E-state index is 0.121. The molecule has 2 saturated heterocycles. The summed E-state index contributed by atoms with van der Waals surface area (Å²) in [6.45, 7) is 2.92. The van der Waals surface area contributed by atoms with Gasteiger partial charge in [0, 0.05) is 92.0 Å². The number of benzene rings is 2. The SMILES string of the molecule is O=C1CCC(N2Cc3cc(N4CCC(CN5C=CCN(c6cccc(-c7c[nH]c8ncc(CC(F)F)c(Cl)c78)c6)C5=O)CC4)ccc3C2=O)C(=O)N1. The molecule has 0 spiro atoms. The van der Waals surface area contributed by atoms with Crippen LogP contribution in [0, 0.1) is 5.92 Å². The first-order valence-corrected chi connectivity index (χ1v) is 17.8. The lowest BCUT2D eigenvalue weighted by atomic mass is 9.95. The third kappa shape index (κ3) is 6.27. The Morgan fingerprint density at radius 1 is 0.981 bits per heavy atom. The second-order valence-electron chi connectivity index (χ2n) is 13.8. The summed E-state index contributed by atoms with van der Waals surface area (Å²) in [7, 11) is 0. The van der Waals surface area contributed by atoms with E-state index in [-0.39, 0.29) is 34.9 Å². The van der Waals surface area contributed by atoms with E-state index in [0.29, 0.717) is 54.3 Å². The number of urea groups is 1. The highest BCUT2D eigenvalue weighted by Crippen LogP contribution is 2.37. The van der Waals surface area contributed by atoms with Crippen LogP contribution in [0.4, 0.5) is 25.0 Å². The lowest BCUT2D eigenvalue weighted by molar-refractivity contribution is -0.136. The Bertz CT molecular complexity index is 2130. The maximum atomic E-state index is 13.8. The molecule has 4 aromatic rings. The van der Waals surface area contributed by atoms with Crippen LogP contribution in [0.2, 0.25) is 5.02 Å². The number of rotatable bonds is 8. The topological polar surface area (TPSA) is 122 Å². The Morgan fingerprint density at radius 2 is 1.81 bits per heavy atom. The number of nitrogens with one attached hydrogen (secondary N) is 2. The zero-order chi connectivity index (χ0) is 36.1. The Morgan fingerprint density at radius 3 is 2.60 bits per heavy atom. The van der Waals surface area contributed by atoms with Crippen LogP contribution in [0.3, 0.4) is 0 Å². The lowest BCUT2D eigenvalue weighted by Crippen LogP contribution is -2.52. The minimum Gasteiger partial charge on any atom is -0.372 e. The largest absolute Gasteiger partial charge is 0.372 e. The number of fused-ring (bicyclic) bond motifs is 2. The molecule has 5 amide bonds. The molecule has 0 aliphatic carbocycles. The highest BCUT2D eigenvalue weighted by molar-refractivity contribution is 6.37. The van der Waals surface area contributed by atoms with Crippen molar-refractivity contribution in [1.29, 1.82) is 0 Å². The first-order chi connectivity index (χ1) is 25.1. The second kappa shape index (κ2) is 13.7. The summed E-state index contributed by atoms with van der Waals surface area (Å²) in [5, 5.41) is 3.15. The van der Waals surface area contributed by atoms with Gasteiger partial charge >= 0.3 is 6.03 Å². The predicted molar refractivity (Wildman–Crippen MR) is 192 cm³/mol. The number of alkyl halides is 2. The first-order valence-electron chi connectivity index (χ1n) is 17.4. The van der Waals surface area contributed by atoms with Gasteiger partial charge in [-0.3, -0.25) is 24.6 Å². The number of imide groups is 1. The van der Waals surface area contributed by atoms with E-state index in [2.05, 4.69) is 20.2 Å². The first kappa shape index (κ1) is 33.8. The van der Waals surface area contributed by atoms with Gasteiger partial charge in [-0.2, -0.15) is 0 Å². The Kier molecular flexibility index (Phi) is 8.90. The van der Waals surface area contributed by atoms with Gasteiger partial charge in [0.15, 0.2) is 0 Å². The molecule has 0 bridgehead atoms. The zero-order valence-corrected chi connectivity index (χ0v) is 28.9. The number of aromatic nitrogens is 2. The zero-order valence-electron chi connectivity index (χ0n) is 28.2. The van der Waals surface area contributed by atoms with Crippen molar-refractivity contribution >= 4 is 57.8 Å². The van der Waals surface area contributed by atoms with E-state index in [1.807, 2.05) is 54.7 Å².